The monoisotopic (exact) mass is 524 g/mol. The Morgan fingerprint density at radius 2 is 1.79 bits per heavy atom. The molecule has 9 heteroatoms. The van der Waals surface area contributed by atoms with E-state index < -0.39 is 18.1 Å². The highest BCUT2D eigenvalue weighted by atomic mass is 19.1. The van der Waals surface area contributed by atoms with Crippen LogP contribution < -0.4 is 20.7 Å². The van der Waals surface area contributed by atoms with E-state index in [0.717, 1.165) is 24.0 Å². The molecule has 2 aromatic rings. The quantitative estimate of drug-likeness (QED) is 0.572. The molecule has 1 saturated carbocycles. The Balaban J connectivity index is 1.55. The van der Waals surface area contributed by atoms with E-state index in [1.54, 1.807) is 20.0 Å². The van der Waals surface area contributed by atoms with Gasteiger partial charge in [0.2, 0.25) is 17.7 Å². The fourth-order valence-corrected chi connectivity index (χ4v) is 4.68. The van der Waals surface area contributed by atoms with Gasteiger partial charge in [0.15, 0.2) is 0 Å². The maximum atomic E-state index is 13.9. The second-order valence-electron chi connectivity index (χ2n) is 10.1. The predicted molar refractivity (Wildman–Crippen MR) is 142 cm³/mol. The number of ether oxygens (including phenoxy) is 1. The minimum Gasteiger partial charge on any atom is -0.492 e. The van der Waals surface area contributed by atoms with Gasteiger partial charge in [-0.2, -0.15) is 0 Å². The Hall–Kier alpha value is -3.46. The van der Waals surface area contributed by atoms with Crippen LogP contribution in [0.15, 0.2) is 48.5 Å². The third kappa shape index (κ3) is 7.31. The first-order valence-corrected chi connectivity index (χ1v) is 13.4. The lowest BCUT2D eigenvalue weighted by atomic mass is 10.0. The number of aryl methyl sites for hydroxylation is 1. The number of amides is 3. The summed E-state index contributed by atoms with van der Waals surface area (Å²) in [5.41, 5.74) is 1.76. The highest BCUT2D eigenvalue weighted by Gasteiger charge is 2.39. The molecule has 8 nitrogen and oxygen atoms in total. The van der Waals surface area contributed by atoms with Crippen LogP contribution in [0.4, 0.5) is 4.39 Å². The number of nitrogens with zero attached hydrogens (tertiary/aromatic N) is 1. The van der Waals surface area contributed by atoms with Crippen LogP contribution in [-0.2, 0) is 27.2 Å². The molecular weight excluding hydrogens is 487 g/mol. The standard InChI is InChI=1S/C29H37FN4O4/c1-19-27(35)33-24(17-20-7-4-3-5-8-20)28(36)32-14-6-9-21-12-13-23(30)18-25(21)38-16-15-31-26(22-10-11-22)29(37)34(19)2/h3-5,7-8,12-13,18-19,22,24,26,31H,6,9-11,14-17H2,1-2H3,(H,32,36)(H,33,35)/t19-,24-,26+/m1/s1. The maximum absolute atomic E-state index is 13.9. The van der Waals surface area contributed by atoms with Crippen LogP contribution in [-0.4, -0.2) is 67.5 Å². The first-order valence-electron chi connectivity index (χ1n) is 13.4. The van der Waals surface area contributed by atoms with Crippen molar-refractivity contribution in [3.8, 4) is 5.75 Å². The van der Waals surface area contributed by atoms with Gasteiger partial charge in [0, 0.05) is 32.6 Å². The molecule has 0 radical (unpaired) electrons. The van der Waals surface area contributed by atoms with Crippen LogP contribution in [0.2, 0.25) is 0 Å². The number of likely N-dealkylation sites (N-methyl/N-ethyl adjacent to an activating group) is 1. The average Bonchev–Trinajstić information content (AvgIpc) is 3.75. The van der Waals surface area contributed by atoms with Crippen molar-refractivity contribution >= 4 is 17.7 Å². The highest BCUT2D eigenvalue weighted by molar-refractivity contribution is 5.93. The van der Waals surface area contributed by atoms with Gasteiger partial charge in [0.1, 0.15) is 30.3 Å². The summed E-state index contributed by atoms with van der Waals surface area (Å²) in [7, 11) is 1.61. The van der Waals surface area contributed by atoms with Crippen molar-refractivity contribution in [2.75, 3.05) is 26.7 Å². The topological polar surface area (TPSA) is 99.8 Å². The first-order chi connectivity index (χ1) is 18.3. The van der Waals surface area contributed by atoms with E-state index in [2.05, 4.69) is 16.0 Å². The Morgan fingerprint density at radius 3 is 2.53 bits per heavy atom. The van der Waals surface area contributed by atoms with Gasteiger partial charge in [-0.05, 0) is 55.7 Å². The van der Waals surface area contributed by atoms with Gasteiger partial charge < -0.3 is 25.6 Å². The summed E-state index contributed by atoms with van der Waals surface area (Å²) in [5, 5.41) is 9.09. The molecule has 1 fully saturated rings. The number of halogens is 1. The second kappa shape index (κ2) is 12.9. The largest absolute Gasteiger partial charge is 0.492 e. The molecule has 2 aliphatic rings. The van der Waals surface area contributed by atoms with E-state index in [4.69, 9.17) is 4.74 Å². The summed E-state index contributed by atoms with van der Waals surface area (Å²) in [6.45, 7) is 2.73. The molecule has 3 amide bonds. The summed E-state index contributed by atoms with van der Waals surface area (Å²) >= 11 is 0. The van der Waals surface area contributed by atoms with Crippen LogP contribution >= 0.6 is 0 Å². The zero-order valence-electron chi connectivity index (χ0n) is 22.0. The number of hydrogen-bond acceptors (Lipinski definition) is 5. The molecule has 0 bridgehead atoms. The van der Waals surface area contributed by atoms with E-state index in [1.807, 2.05) is 30.3 Å². The number of benzene rings is 2. The molecular formula is C29H37FN4O4. The van der Waals surface area contributed by atoms with E-state index in [1.165, 1.54) is 17.0 Å². The van der Waals surface area contributed by atoms with Gasteiger partial charge in [0.25, 0.3) is 0 Å². The van der Waals surface area contributed by atoms with Crippen molar-refractivity contribution in [2.45, 2.75) is 57.2 Å². The van der Waals surface area contributed by atoms with Crippen molar-refractivity contribution in [3.05, 3.63) is 65.5 Å². The number of nitrogens with one attached hydrogen (secondary N) is 3. The third-order valence-electron chi connectivity index (χ3n) is 7.26. The highest BCUT2D eigenvalue weighted by Crippen LogP contribution is 2.33. The molecule has 1 heterocycles. The van der Waals surface area contributed by atoms with Gasteiger partial charge in [-0.25, -0.2) is 4.39 Å². The number of carbonyl (C=O) groups excluding carboxylic acids is 3. The Bertz CT molecular complexity index is 1120. The smallest absolute Gasteiger partial charge is 0.243 e. The minimum atomic E-state index is -0.795. The fraction of sp³-hybridized carbons (Fsp3) is 0.483. The van der Waals surface area contributed by atoms with Crippen molar-refractivity contribution in [1.29, 1.82) is 0 Å². The van der Waals surface area contributed by atoms with Crippen molar-refractivity contribution in [1.82, 2.24) is 20.9 Å². The van der Waals surface area contributed by atoms with E-state index in [-0.39, 0.29) is 36.1 Å². The molecule has 4 rings (SSSR count). The summed E-state index contributed by atoms with van der Waals surface area (Å²) in [6.07, 6.45) is 3.41. The Kier molecular flexibility index (Phi) is 9.33. The van der Waals surface area contributed by atoms with Crippen LogP contribution in [0.1, 0.15) is 37.3 Å². The summed E-state index contributed by atoms with van der Waals surface area (Å²) < 4.78 is 19.8. The third-order valence-corrected chi connectivity index (χ3v) is 7.26. The van der Waals surface area contributed by atoms with E-state index >= 15 is 0 Å². The normalized spacial score (nSPS) is 24.3. The fourth-order valence-electron chi connectivity index (χ4n) is 4.68. The van der Waals surface area contributed by atoms with Gasteiger partial charge in [0.05, 0.1) is 6.04 Å². The molecule has 0 saturated heterocycles. The Labute approximate surface area is 223 Å². The lowest BCUT2D eigenvalue weighted by Crippen LogP contribution is -2.56. The van der Waals surface area contributed by atoms with Crippen molar-refractivity contribution in [3.63, 3.8) is 0 Å². The van der Waals surface area contributed by atoms with E-state index in [0.29, 0.717) is 38.1 Å². The predicted octanol–water partition coefficient (Wildman–Crippen LogP) is 2.21. The maximum Gasteiger partial charge on any atom is 0.243 e. The molecule has 2 aromatic carbocycles. The summed E-state index contributed by atoms with van der Waals surface area (Å²) in [4.78, 5) is 41.2. The lowest BCUT2D eigenvalue weighted by Gasteiger charge is -2.30. The first kappa shape index (κ1) is 27.6. The number of hydrogen-bond donors (Lipinski definition) is 3. The van der Waals surface area contributed by atoms with Crippen molar-refractivity contribution < 1.29 is 23.5 Å². The molecule has 1 aliphatic heterocycles. The molecule has 0 aromatic heterocycles. The van der Waals surface area contributed by atoms with Gasteiger partial charge in [-0.3, -0.25) is 14.4 Å². The molecule has 0 unspecified atom stereocenters. The van der Waals surface area contributed by atoms with Crippen LogP contribution in [0.5, 0.6) is 5.75 Å². The zero-order chi connectivity index (χ0) is 27.1. The number of carbonyl (C=O) groups is 3. The van der Waals surface area contributed by atoms with Crippen LogP contribution in [0, 0.1) is 11.7 Å². The molecule has 1 aliphatic carbocycles. The summed E-state index contributed by atoms with van der Waals surface area (Å²) in [5.74, 6) is -0.565. The summed E-state index contributed by atoms with van der Waals surface area (Å²) in [6, 6.07) is 12.0. The second-order valence-corrected chi connectivity index (χ2v) is 10.1. The van der Waals surface area contributed by atoms with E-state index in [9.17, 15) is 18.8 Å². The SMILES string of the molecule is C[C@@H]1C(=O)N[C@H](Cc2ccccc2)C(=O)NCCCc2ccc(F)cc2OCCN[C@@H](C2CC2)C(=O)N1C. The molecule has 0 spiro atoms. The van der Waals surface area contributed by atoms with Gasteiger partial charge >= 0.3 is 0 Å². The molecule has 204 valence electrons. The zero-order valence-corrected chi connectivity index (χ0v) is 22.0. The number of rotatable bonds is 3. The number of fused-ring (bicyclic) bond motifs is 1. The molecule has 3 atom stereocenters. The molecule has 3 N–H and O–H groups in total. The lowest BCUT2D eigenvalue weighted by molar-refractivity contribution is -0.141. The van der Waals surface area contributed by atoms with Crippen molar-refractivity contribution in [2.24, 2.45) is 5.92 Å². The van der Waals surface area contributed by atoms with Gasteiger partial charge in [-0.1, -0.05) is 36.4 Å². The average molecular weight is 525 g/mol. The van der Waals surface area contributed by atoms with Crippen LogP contribution in [0.25, 0.3) is 0 Å². The van der Waals surface area contributed by atoms with Crippen LogP contribution in [0.3, 0.4) is 0 Å². The molecule has 38 heavy (non-hydrogen) atoms. The minimum absolute atomic E-state index is 0.174. The Morgan fingerprint density at radius 1 is 1.03 bits per heavy atom. The van der Waals surface area contributed by atoms with Gasteiger partial charge in [-0.15, -0.1) is 0 Å².